The van der Waals surface area contributed by atoms with Crippen molar-refractivity contribution < 1.29 is 5.11 Å². The van der Waals surface area contributed by atoms with Gasteiger partial charge < -0.3 is 20.3 Å². The van der Waals surface area contributed by atoms with Crippen LogP contribution in [0.4, 0.5) is 17.5 Å². The van der Waals surface area contributed by atoms with E-state index in [0.717, 1.165) is 41.3 Å². The number of nitrogens with one attached hydrogen (secondary N) is 2. The lowest BCUT2D eigenvalue weighted by Gasteiger charge is -2.11. The molecule has 0 spiro atoms. The minimum atomic E-state index is 0.280. The zero-order valence-electron chi connectivity index (χ0n) is 16.1. The fourth-order valence-corrected chi connectivity index (χ4v) is 2.93. The van der Waals surface area contributed by atoms with Gasteiger partial charge in [0.1, 0.15) is 11.6 Å². The van der Waals surface area contributed by atoms with Gasteiger partial charge in [0.15, 0.2) is 0 Å². The number of rotatable bonds is 7. The summed E-state index contributed by atoms with van der Waals surface area (Å²) in [6.45, 7) is 2.72. The Morgan fingerprint density at radius 3 is 2.55 bits per heavy atom. The summed E-state index contributed by atoms with van der Waals surface area (Å²) < 4.78 is 1.95. The Morgan fingerprint density at radius 1 is 1.03 bits per heavy atom. The SMILES string of the molecule is Cc1cnc(Nc2ccc(-n3ccnc3)cc2)nc1NCCc1ccc(O)cc1. The molecule has 0 bridgehead atoms. The predicted molar refractivity (Wildman–Crippen MR) is 114 cm³/mol. The third kappa shape index (κ3) is 4.70. The number of aromatic nitrogens is 4. The lowest BCUT2D eigenvalue weighted by Crippen LogP contribution is -2.09. The van der Waals surface area contributed by atoms with E-state index in [1.54, 1.807) is 30.9 Å². The molecule has 0 atom stereocenters. The quantitative estimate of drug-likeness (QED) is 0.444. The maximum Gasteiger partial charge on any atom is 0.229 e. The summed E-state index contributed by atoms with van der Waals surface area (Å²) in [6.07, 6.45) is 8.06. The second kappa shape index (κ2) is 8.43. The van der Waals surface area contributed by atoms with E-state index in [4.69, 9.17) is 0 Å². The normalized spacial score (nSPS) is 10.7. The zero-order valence-corrected chi connectivity index (χ0v) is 16.1. The van der Waals surface area contributed by atoms with Crippen LogP contribution in [0.3, 0.4) is 0 Å². The van der Waals surface area contributed by atoms with E-state index in [-0.39, 0.29) is 5.75 Å². The molecular formula is C22H22N6O. The van der Waals surface area contributed by atoms with Gasteiger partial charge in [-0.25, -0.2) is 9.97 Å². The van der Waals surface area contributed by atoms with Gasteiger partial charge in [-0.1, -0.05) is 12.1 Å². The van der Waals surface area contributed by atoms with Gasteiger partial charge in [-0.2, -0.15) is 4.98 Å². The van der Waals surface area contributed by atoms with Gasteiger partial charge in [0.2, 0.25) is 5.95 Å². The van der Waals surface area contributed by atoms with Crippen LogP contribution in [0.5, 0.6) is 5.75 Å². The molecule has 0 radical (unpaired) electrons. The minimum Gasteiger partial charge on any atom is -0.508 e. The molecule has 0 aliphatic carbocycles. The topological polar surface area (TPSA) is 87.9 Å². The Kier molecular flexibility index (Phi) is 5.38. The van der Waals surface area contributed by atoms with Gasteiger partial charge in [0, 0.05) is 42.1 Å². The first-order valence-electron chi connectivity index (χ1n) is 9.38. The average molecular weight is 386 g/mol. The van der Waals surface area contributed by atoms with Crippen LogP contribution in [0.15, 0.2) is 73.4 Å². The van der Waals surface area contributed by atoms with Crippen LogP contribution in [0.2, 0.25) is 0 Å². The average Bonchev–Trinajstić information content (AvgIpc) is 3.27. The van der Waals surface area contributed by atoms with Crippen LogP contribution in [-0.4, -0.2) is 31.2 Å². The van der Waals surface area contributed by atoms with Crippen molar-refractivity contribution in [3.63, 3.8) is 0 Å². The van der Waals surface area contributed by atoms with Crippen molar-refractivity contribution in [2.24, 2.45) is 0 Å². The van der Waals surface area contributed by atoms with Crippen LogP contribution in [0.1, 0.15) is 11.1 Å². The molecule has 4 aromatic rings. The van der Waals surface area contributed by atoms with E-state index in [9.17, 15) is 5.11 Å². The highest BCUT2D eigenvalue weighted by atomic mass is 16.3. The number of hydrogen-bond acceptors (Lipinski definition) is 6. The van der Waals surface area contributed by atoms with Crippen molar-refractivity contribution in [3.05, 3.63) is 84.6 Å². The van der Waals surface area contributed by atoms with Crippen LogP contribution >= 0.6 is 0 Å². The number of hydrogen-bond donors (Lipinski definition) is 3. The molecule has 0 unspecified atom stereocenters. The first kappa shape index (κ1) is 18.5. The Balaban J connectivity index is 1.39. The second-order valence-corrected chi connectivity index (χ2v) is 6.71. The van der Waals surface area contributed by atoms with Gasteiger partial charge >= 0.3 is 0 Å². The summed E-state index contributed by atoms with van der Waals surface area (Å²) in [7, 11) is 0. The summed E-state index contributed by atoms with van der Waals surface area (Å²) >= 11 is 0. The van der Waals surface area contributed by atoms with Crippen molar-refractivity contribution in [2.45, 2.75) is 13.3 Å². The Labute approximate surface area is 169 Å². The van der Waals surface area contributed by atoms with Crippen molar-refractivity contribution >= 4 is 17.5 Å². The number of aryl methyl sites for hydroxylation is 1. The largest absolute Gasteiger partial charge is 0.508 e. The van der Waals surface area contributed by atoms with E-state index in [1.807, 2.05) is 54.1 Å². The summed E-state index contributed by atoms with van der Waals surface area (Å²) in [5, 5.41) is 16.0. The van der Waals surface area contributed by atoms with Gasteiger partial charge in [-0.05, 0) is 55.3 Å². The number of aromatic hydroxyl groups is 1. The van der Waals surface area contributed by atoms with E-state index in [0.29, 0.717) is 5.95 Å². The van der Waals surface area contributed by atoms with Gasteiger partial charge in [-0.3, -0.25) is 0 Å². The van der Waals surface area contributed by atoms with Crippen molar-refractivity contribution in [2.75, 3.05) is 17.2 Å². The number of nitrogens with zero attached hydrogens (tertiary/aromatic N) is 4. The van der Waals surface area contributed by atoms with E-state index < -0.39 is 0 Å². The van der Waals surface area contributed by atoms with Gasteiger partial charge in [0.25, 0.3) is 0 Å². The Hall–Kier alpha value is -3.87. The molecule has 146 valence electrons. The monoisotopic (exact) mass is 386 g/mol. The van der Waals surface area contributed by atoms with E-state index >= 15 is 0 Å². The molecule has 0 aliphatic heterocycles. The number of benzene rings is 2. The molecule has 2 aromatic heterocycles. The first-order valence-corrected chi connectivity index (χ1v) is 9.38. The fraction of sp³-hybridized carbons (Fsp3) is 0.136. The lowest BCUT2D eigenvalue weighted by molar-refractivity contribution is 0.475. The number of phenolic OH excluding ortho intramolecular Hbond substituents is 1. The number of imidazole rings is 1. The first-order chi connectivity index (χ1) is 14.2. The minimum absolute atomic E-state index is 0.280. The van der Waals surface area contributed by atoms with E-state index in [2.05, 4.69) is 25.6 Å². The maximum absolute atomic E-state index is 9.37. The molecule has 0 saturated heterocycles. The molecule has 3 N–H and O–H groups in total. The standard InChI is InChI=1S/C22H22N6O/c1-16-14-25-22(26-18-4-6-19(7-5-18)28-13-12-23-15-28)27-21(16)24-11-10-17-2-8-20(29)9-3-17/h2-9,12-15,29H,10-11H2,1H3,(H2,24,25,26,27). The lowest BCUT2D eigenvalue weighted by atomic mass is 10.1. The molecule has 7 nitrogen and oxygen atoms in total. The Bertz CT molecular complexity index is 1060. The fourth-order valence-electron chi connectivity index (χ4n) is 2.93. The predicted octanol–water partition coefficient (Wildman–Crippen LogP) is 4.07. The molecule has 29 heavy (non-hydrogen) atoms. The van der Waals surface area contributed by atoms with Crippen molar-refractivity contribution in [1.82, 2.24) is 19.5 Å². The molecule has 0 amide bonds. The summed E-state index contributed by atoms with van der Waals surface area (Å²) in [5.41, 5.74) is 4.08. The van der Waals surface area contributed by atoms with Gasteiger partial charge in [-0.15, -0.1) is 0 Å². The van der Waals surface area contributed by atoms with E-state index in [1.165, 1.54) is 0 Å². The van der Waals surface area contributed by atoms with Crippen molar-refractivity contribution in [1.29, 1.82) is 0 Å². The smallest absolute Gasteiger partial charge is 0.229 e. The molecule has 2 aromatic carbocycles. The highest BCUT2D eigenvalue weighted by molar-refractivity contribution is 5.57. The molecular weight excluding hydrogens is 364 g/mol. The molecule has 0 aliphatic rings. The zero-order chi connectivity index (χ0) is 20.1. The van der Waals surface area contributed by atoms with Crippen LogP contribution in [-0.2, 0) is 6.42 Å². The highest BCUT2D eigenvalue weighted by Gasteiger charge is 2.05. The second-order valence-electron chi connectivity index (χ2n) is 6.71. The molecule has 0 saturated carbocycles. The molecule has 2 heterocycles. The van der Waals surface area contributed by atoms with Gasteiger partial charge in [0.05, 0.1) is 6.33 Å². The van der Waals surface area contributed by atoms with Crippen molar-refractivity contribution in [3.8, 4) is 11.4 Å². The summed E-state index contributed by atoms with van der Waals surface area (Å²) in [6, 6.07) is 15.2. The highest BCUT2D eigenvalue weighted by Crippen LogP contribution is 2.19. The third-order valence-electron chi connectivity index (χ3n) is 4.54. The van der Waals surface area contributed by atoms with Crippen LogP contribution < -0.4 is 10.6 Å². The van der Waals surface area contributed by atoms with Crippen LogP contribution in [0, 0.1) is 6.92 Å². The molecule has 0 fully saturated rings. The summed E-state index contributed by atoms with van der Waals surface area (Å²) in [4.78, 5) is 13.0. The summed E-state index contributed by atoms with van der Waals surface area (Å²) in [5.74, 6) is 1.62. The molecule has 7 heteroatoms. The maximum atomic E-state index is 9.37. The van der Waals surface area contributed by atoms with Crippen LogP contribution in [0.25, 0.3) is 5.69 Å². The third-order valence-corrected chi connectivity index (χ3v) is 4.54. The molecule has 4 rings (SSSR count). The Morgan fingerprint density at radius 2 is 1.83 bits per heavy atom. The number of phenols is 1. The number of anilines is 3.